The van der Waals surface area contributed by atoms with E-state index in [2.05, 4.69) is 15.6 Å². The van der Waals surface area contributed by atoms with Crippen molar-refractivity contribution in [2.45, 2.75) is 19.4 Å². The molecule has 1 fully saturated rings. The Morgan fingerprint density at radius 1 is 1.57 bits per heavy atom. The van der Waals surface area contributed by atoms with Crippen LogP contribution in [-0.4, -0.2) is 36.7 Å². The van der Waals surface area contributed by atoms with Crippen molar-refractivity contribution in [3.8, 4) is 0 Å². The molecule has 2 N–H and O–H groups in total. The van der Waals surface area contributed by atoms with E-state index in [9.17, 15) is 9.18 Å². The number of anilines is 1. The van der Waals surface area contributed by atoms with E-state index >= 15 is 0 Å². The lowest BCUT2D eigenvalue weighted by molar-refractivity contribution is -0.120. The molecule has 1 aromatic heterocycles. The molecule has 2 heterocycles. The van der Waals surface area contributed by atoms with E-state index in [1.807, 2.05) is 6.07 Å². The quantitative estimate of drug-likeness (QED) is 0.898. The molecule has 1 unspecified atom stereocenters. The summed E-state index contributed by atoms with van der Waals surface area (Å²) >= 11 is 1.40. The van der Waals surface area contributed by atoms with Gasteiger partial charge in [-0.15, -0.1) is 11.3 Å². The fraction of sp³-hybridized carbons (Fsp3) is 0.375. The standard InChI is InChI=1S/C16H18FN3O2S/c1-10-2-3-11(7-13(10)17)6-12-8-19-16(23-12)20-15(21)14-9-22-5-4-18-14/h2-3,7-8,14,18H,4-6,9H2,1H3,(H,19,20,21). The Kier molecular flexibility index (Phi) is 5.00. The SMILES string of the molecule is Cc1ccc(Cc2cnc(NC(=O)C3COCCN3)s2)cc1F. The van der Waals surface area contributed by atoms with Crippen LogP contribution in [0.25, 0.3) is 0 Å². The Bertz CT molecular complexity index is 698. The molecule has 1 aromatic carbocycles. The van der Waals surface area contributed by atoms with Crippen LogP contribution in [0, 0.1) is 12.7 Å². The summed E-state index contributed by atoms with van der Waals surface area (Å²) in [6, 6.07) is 4.86. The summed E-state index contributed by atoms with van der Waals surface area (Å²) in [4.78, 5) is 17.3. The first kappa shape index (κ1) is 16.0. The van der Waals surface area contributed by atoms with Gasteiger partial charge in [-0.3, -0.25) is 4.79 Å². The predicted octanol–water partition coefficient (Wildman–Crippen LogP) is 2.11. The number of aryl methyl sites for hydroxylation is 1. The molecule has 23 heavy (non-hydrogen) atoms. The highest BCUT2D eigenvalue weighted by atomic mass is 32.1. The Balaban J connectivity index is 1.61. The highest BCUT2D eigenvalue weighted by molar-refractivity contribution is 7.15. The minimum Gasteiger partial charge on any atom is -0.378 e. The van der Waals surface area contributed by atoms with Crippen LogP contribution in [0.2, 0.25) is 0 Å². The Labute approximate surface area is 137 Å². The lowest BCUT2D eigenvalue weighted by Gasteiger charge is -2.22. The van der Waals surface area contributed by atoms with Crippen LogP contribution in [0.1, 0.15) is 16.0 Å². The molecule has 1 saturated heterocycles. The van der Waals surface area contributed by atoms with Crippen molar-refractivity contribution in [1.29, 1.82) is 0 Å². The van der Waals surface area contributed by atoms with Crippen LogP contribution >= 0.6 is 11.3 Å². The van der Waals surface area contributed by atoms with Crippen molar-refractivity contribution in [1.82, 2.24) is 10.3 Å². The van der Waals surface area contributed by atoms with Crippen molar-refractivity contribution in [3.05, 3.63) is 46.2 Å². The average Bonchev–Trinajstić information content (AvgIpc) is 2.99. The third-order valence-electron chi connectivity index (χ3n) is 3.64. The Hall–Kier alpha value is -1.83. The second kappa shape index (κ2) is 7.16. The van der Waals surface area contributed by atoms with Gasteiger partial charge in [0.05, 0.1) is 13.2 Å². The number of carbonyl (C=O) groups excluding carboxylic acids is 1. The summed E-state index contributed by atoms with van der Waals surface area (Å²) in [5.74, 6) is -0.351. The third-order valence-corrected chi connectivity index (χ3v) is 4.55. The summed E-state index contributed by atoms with van der Waals surface area (Å²) in [5.41, 5.74) is 1.52. The fourth-order valence-corrected chi connectivity index (χ4v) is 3.17. The highest BCUT2D eigenvalue weighted by Crippen LogP contribution is 2.22. The number of morpholine rings is 1. The molecule has 2 aromatic rings. The first-order valence-electron chi connectivity index (χ1n) is 7.43. The van der Waals surface area contributed by atoms with Gasteiger partial charge in [-0.2, -0.15) is 0 Å². The number of rotatable bonds is 4. The summed E-state index contributed by atoms with van der Waals surface area (Å²) in [6.45, 7) is 3.40. The molecule has 0 saturated carbocycles. The number of benzene rings is 1. The molecule has 7 heteroatoms. The normalized spacial score (nSPS) is 17.9. The van der Waals surface area contributed by atoms with Crippen LogP contribution in [-0.2, 0) is 16.0 Å². The molecule has 0 aliphatic carbocycles. The largest absolute Gasteiger partial charge is 0.378 e. The molecule has 1 amide bonds. The molecule has 1 aliphatic heterocycles. The van der Waals surface area contributed by atoms with Crippen LogP contribution in [0.15, 0.2) is 24.4 Å². The number of thiazole rings is 1. The number of aromatic nitrogens is 1. The fourth-order valence-electron chi connectivity index (χ4n) is 2.32. The lowest BCUT2D eigenvalue weighted by Crippen LogP contribution is -2.48. The molecular formula is C16H18FN3O2S. The summed E-state index contributed by atoms with van der Waals surface area (Å²) < 4.78 is 18.8. The number of carbonyl (C=O) groups is 1. The van der Waals surface area contributed by atoms with E-state index in [-0.39, 0.29) is 17.8 Å². The lowest BCUT2D eigenvalue weighted by atomic mass is 10.1. The molecular weight excluding hydrogens is 317 g/mol. The van der Waals surface area contributed by atoms with Gasteiger partial charge >= 0.3 is 0 Å². The number of nitrogens with zero attached hydrogens (tertiary/aromatic N) is 1. The molecule has 0 bridgehead atoms. The topological polar surface area (TPSA) is 63.2 Å². The van der Waals surface area contributed by atoms with Crippen LogP contribution in [0.5, 0.6) is 0 Å². The van der Waals surface area contributed by atoms with Gasteiger partial charge in [0.25, 0.3) is 0 Å². The number of ether oxygens (including phenoxy) is 1. The van der Waals surface area contributed by atoms with E-state index in [4.69, 9.17) is 4.74 Å². The Morgan fingerprint density at radius 3 is 3.17 bits per heavy atom. The van der Waals surface area contributed by atoms with Crippen LogP contribution < -0.4 is 10.6 Å². The van der Waals surface area contributed by atoms with E-state index in [0.717, 1.165) is 10.4 Å². The maximum Gasteiger partial charge on any atom is 0.245 e. The maximum absolute atomic E-state index is 13.6. The minimum absolute atomic E-state index is 0.146. The molecule has 0 spiro atoms. The average molecular weight is 335 g/mol. The summed E-state index contributed by atoms with van der Waals surface area (Å²) in [7, 11) is 0. The van der Waals surface area contributed by atoms with Crippen LogP contribution in [0.4, 0.5) is 9.52 Å². The van der Waals surface area contributed by atoms with Crippen molar-refractivity contribution in [2.24, 2.45) is 0 Å². The van der Waals surface area contributed by atoms with Gasteiger partial charge in [0.1, 0.15) is 11.9 Å². The van der Waals surface area contributed by atoms with E-state index in [1.165, 1.54) is 17.4 Å². The van der Waals surface area contributed by atoms with E-state index in [0.29, 0.717) is 36.9 Å². The zero-order chi connectivity index (χ0) is 16.2. The van der Waals surface area contributed by atoms with E-state index in [1.54, 1.807) is 19.2 Å². The first-order valence-corrected chi connectivity index (χ1v) is 8.25. The Morgan fingerprint density at radius 2 is 2.43 bits per heavy atom. The van der Waals surface area contributed by atoms with Gasteiger partial charge in [0, 0.05) is 24.0 Å². The van der Waals surface area contributed by atoms with Gasteiger partial charge in [0.15, 0.2) is 5.13 Å². The van der Waals surface area contributed by atoms with Crippen molar-refractivity contribution in [3.63, 3.8) is 0 Å². The number of halogens is 1. The van der Waals surface area contributed by atoms with Gasteiger partial charge in [0.2, 0.25) is 5.91 Å². The molecule has 1 atom stereocenters. The number of nitrogens with one attached hydrogen (secondary N) is 2. The minimum atomic E-state index is -0.345. The van der Waals surface area contributed by atoms with Crippen molar-refractivity contribution in [2.75, 3.05) is 25.1 Å². The van der Waals surface area contributed by atoms with Crippen molar-refractivity contribution < 1.29 is 13.9 Å². The van der Waals surface area contributed by atoms with Gasteiger partial charge in [-0.05, 0) is 24.1 Å². The second-order valence-corrected chi connectivity index (χ2v) is 6.58. The smallest absolute Gasteiger partial charge is 0.245 e. The molecule has 5 nitrogen and oxygen atoms in total. The van der Waals surface area contributed by atoms with E-state index < -0.39 is 0 Å². The van der Waals surface area contributed by atoms with Crippen LogP contribution in [0.3, 0.4) is 0 Å². The monoisotopic (exact) mass is 335 g/mol. The third kappa shape index (κ3) is 4.13. The van der Waals surface area contributed by atoms with Gasteiger partial charge < -0.3 is 15.4 Å². The molecule has 0 radical (unpaired) electrons. The number of amides is 1. The summed E-state index contributed by atoms with van der Waals surface area (Å²) in [5, 5.41) is 6.43. The second-order valence-electron chi connectivity index (χ2n) is 5.46. The van der Waals surface area contributed by atoms with Gasteiger partial charge in [-0.1, -0.05) is 12.1 Å². The molecule has 122 valence electrons. The zero-order valence-corrected chi connectivity index (χ0v) is 13.6. The zero-order valence-electron chi connectivity index (χ0n) is 12.8. The highest BCUT2D eigenvalue weighted by Gasteiger charge is 2.22. The molecule has 3 rings (SSSR count). The summed E-state index contributed by atoms with van der Waals surface area (Å²) in [6.07, 6.45) is 2.30. The van der Waals surface area contributed by atoms with Gasteiger partial charge in [-0.25, -0.2) is 9.37 Å². The number of hydrogen-bond acceptors (Lipinski definition) is 5. The molecule has 1 aliphatic rings. The first-order chi connectivity index (χ1) is 11.1. The number of hydrogen-bond donors (Lipinski definition) is 2. The predicted molar refractivity (Wildman–Crippen MR) is 87.3 cm³/mol. The van der Waals surface area contributed by atoms with Crippen molar-refractivity contribution >= 4 is 22.4 Å². The maximum atomic E-state index is 13.6.